The Morgan fingerprint density at radius 1 is 1.25 bits per heavy atom. The van der Waals surface area contributed by atoms with Gasteiger partial charge in [-0.3, -0.25) is 9.59 Å². The Hall–Kier alpha value is -1.46. The number of aliphatic hydroxyl groups is 1. The van der Waals surface area contributed by atoms with Gasteiger partial charge in [-0.2, -0.15) is 0 Å². The first-order valence-corrected chi connectivity index (χ1v) is 9.76. The van der Waals surface area contributed by atoms with Crippen molar-refractivity contribution in [3.63, 3.8) is 0 Å². The van der Waals surface area contributed by atoms with Gasteiger partial charge in [0, 0.05) is 12.7 Å². The van der Waals surface area contributed by atoms with Gasteiger partial charge in [-0.25, -0.2) is 8.42 Å². The molecule has 28 heavy (non-hydrogen) atoms. The molecule has 0 radical (unpaired) electrons. The topological polar surface area (TPSA) is 135 Å². The van der Waals surface area contributed by atoms with Crippen LogP contribution in [0.3, 0.4) is 0 Å². The summed E-state index contributed by atoms with van der Waals surface area (Å²) in [6, 6.07) is 6.64. The Morgan fingerprint density at radius 2 is 1.79 bits per heavy atom. The van der Waals surface area contributed by atoms with Crippen molar-refractivity contribution in [2.24, 2.45) is 5.92 Å². The molecule has 11 heteroatoms. The molecule has 0 saturated carbocycles. The summed E-state index contributed by atoms with van der Waals surface area (Å²) in [5, 5.41) is 20.3. The van der Waals surface area contributed by atoms with Crippen LogP contribution in [-0.4, -0.2) is 65.5 Å². The van der Waals surface area contributed by atoms with Gasteiger partial charge in [-0.15, -0.1) is 0 Å². The molecule has 2 amide bonds. The van der Waals surface area contributed by atoms with Gasteiger partial charge in [0.2, 0.25) is 5.91 Å². The number of carboxylic acid groups (broad SMARTS) is 1. The third-order valence-corrected chi connectivity index (χ3v) is 8.25. The van der Waals surface area contributed by atoms with Crippen molar-refractivity contribution < 1.29 is 62.6 Å². The van der Waals surface area contributed by atoms with Gasteiger partial charge >= 0.3 is 29.6 Å². The summed E-state index contributed by atoms with van der Waals surface area (Å²) in [5.41, 5.74) is 0.451. The molecule has 1 N–H and O–H groups in total. The van der Waals surface area contributed by atoms with Crippen molar-refractivity contribution in [1.29, 1.82) is 0 Å². The Kier molecular flexibility index (Phi) is 6.05. The van der Waals surface area contributed by atoms with Crippen LogP contribution in [-0.2, 0) is 24.2 Å². The summed E-state index contributed by atoms with van der Waals surface area (Å²) >= 11 is 0. The van der Waals surface area contributed by atoms with E-state index in [9.17, 15) is 33.0 Å². The molecule has 9 nitrogen and oxygen atoms in total. The normalized spacial score (nSPS) is 27.8. The molecule has 1 aromatic carbocycles. The molecule has 0 spiro atoms. The second-order valence-corrected chi connectivity index (χ2v) is 9.83. The number of aliphatic hydroxyl groups excluding tert-OH is 1. The molecule has 146 valence electrons. The van der Waals surface area contributed by atoms with Crippen LogP contribution in [0.25, 0.3) is 0 Å². The molecule has 2 saturated heterocycles. The van der Waals surface area contributed by atoms with Gasteiger partial charge in [-0.05, 0) is 26.0 Å². The van der Waals surface area contributed by atoms with Gasteiger partial charge in [0.1, 0.15) is 17.4 Å². The van der Waals surface area contributed by atoms with Gasteiger partial charge < -0.3 is 24.8 Å². The maximum Gasteiger partial charge on any atom is 1.00 e. The molecule has 0 aromatic heterocycles. The van der Waals surface area contributed by atoms with Crippen LogP contribution in [0.1, 0.15) is 13.8 Å². The number of sulfone groups is 1. The number of benzene rings is 1. The van der Waals surface area contributed by atoms with Crippen molar-refractivity contribution in [2.45, 2.75) is 36.1 Å². The zero-order chi connectivity index (χ0) is 20.3. The number of likely N-dealkylation sites (N-methyl/N-ethyl adjacent to an activating group) is 1. The first-order chi connectivity index (χ1) is 12.4. The summed E-state index contributed by atoms with van der Waals surface area (Å²) in [6.07, 6.45) is -1.92. The van der Waals surface area contributed by atoms with E-state index in [0.717, 1.165) is 4.90 Å². The van der Waals surface area contributed by atoms with Crippen molar-refractivity contribution in [1.82, 2.24) is 4.90 Å². The summed E-state index contributed by atoms with van der Waals surface area (Å²) in [4.78, 5) is 38.3. The van der Waals surface area contributed by atoms with E-state index in [4.69, 9.17) is 0 Å². The largest absolute Gasteiger partial charge is 1.00 e. The summed E-state index contributed by atoms with van der Waals surface area (Å²) in [6.45, 7) is 2.38. The summed E-state index contributed by atoms with van der Waals surface area (Å²) < 4.78 is 23.8. The van der Waals surface area contributed by atoms with Gasteiger partial charge in [0.25, 0.3) is 5.91 Å². The van der Waals surface area contributed by atoms with Crippen LogP contribution in [0, 0.1) is 5.92 Å². The van der Waals surface area contributed by atoms with E-state index in [1.807, 2.05) is 0 Å². The fourth-order valence-corrected chi connectivity index (χ4v) is 6.07. The molecule has 0 unspecified atom stereocenters. The molecular weight excluding hydrogens is 399 g/mol. The van der Waals surface area contributed by atoms with Crippen LogP contribution in [0.5, 0.6) is 0 Å². The zero-order valence-electron chi connectivity index (χ0n) is 15.9. The number of anilines is 1. The predicted molar refractivity (Wildman–Crippen MR) is 91.8 cm³/mol. The Bertz CT molecular complexity index is 919. The van der Waals surface area contributed by atoms with Gasteiger partial charge in [0.15, 0.2) is 9.84 Å². The molecule has 2 aliphatic rings. The van der Waals surface area contributed by atoms with Gasteiger partial charge in [0.05, 0.1) is 16.8 Å². The van der Waals surface area contributed by atoms with E-state index in [-0.39, 0.29) is 29.6 Å². The van der Waals surface area contributed by atoms with Crippen LogP contribution in [0.4, 0.5) is 5.69 Å². The molecule has 2 fully saturated rings. The molecule has 4 atom stereocenters. The second kappa shape index (κ2) is 7.42. The molecule has 2 aliphatic heterocycles. The molecule has 1 aromatic rings. The SMILES string of the molecule is CN(C(=O)[C@@H](O)[C@@H]1C(=O)N2[C@@H](C(=O)[O-])C(C)(C)S(=O)(=O)[C@H]12)c1ccccc1.[Na+]. The minimum atomic E-state index is -4.16. The quantitative estimate of drug-likeness (QED) is 0.383. The van der Waals surface area contributed by atoms with E-state index in [1.165, 1.54) is 20.9 Å². The number of rotatable bonds is 4. The van der Waals surface area contributed by atoms with Crippen molar-refractivity contribution in [2.75, 3.05) is 11.9 Å². The molecular formula is C17H19N2NaO7S. The van der Waals surface area contributed by atoms with Crippen molar-refractivity contribution >= 4 is 33.3 Å². The Morgan fingerprint density at radius 3 is 2.29 bits per heavy atom. The molecule has 3 rings (SSSR count). The average Bonchev–Trinajstić information content (AvgIpc) is 2.75. The monoisotopic (exact) mass is 418 g/mol. The number of hydrogen-bond acceptors (Lipinski definition) is 7. The van der Waals surface area contributed by atoms with E-state index in [1.54, 1.807) is 30.3 Å². The summed E-state index contributed by atoms with van der Waals surface area (Å²) in [7, 11) is -2.77. The fourth-order valence-electron chi connectivity index (χ4n) is 3.75. The zero-order valence-corrected chi connectivity index (χ0v) is 18.7. The third-order valence-electron chi connectivity index (χ3n) is 5.40. The Balaban J connectivity index is 0.00000280. The number of carbonyl (C=O) groups excluding carboxylic acids is 3. The molecule has 0 aliphatic carbocycles. The predicted octanol–water partition coefficient (Wildman–Crippen LogP) is -4.88. The maximum absolute atomic E-state index is 12.8. The van der Waals surface area contributed by atoms with Crippen LogP contribution in [0.2, 0.25) is 0 Å². The number of para-hydroxylation sites is 1. The van der Waals surface area contributed by atoms with E-state index in [2.05, 4.69) is 0 Å². The number of β-lactam (4-membered cyclic amide) rings is 1. The van der Waals surface area contributed by atoms with Crippen LogP contribution < -0.4 is 39.6 Å². The number of nitrogens with zero attached hydrogens (tertiary/aromatic N) is 2. The fraction of sp³-hybridized carbons (Fsp3) is 0.471. The van der Waals surface area contributed by atoms with Crippen LogP contribution >= 0.6 is 0 Å². The number of carboxylic acids is 1. The van der Waals surface area contributed by atoms with E-state index < -0.39 is 55.8 Å². The van der Waals surface area contributed by atoms with Crippen LogP contribution in [0.15, 0.2) is 30.3 Å². The number of aliphatic carboxylic acids is 1. The van der Waals surface area contributed by atoms with Crippen molar-refractivity contribution in [3.05, 3.63) is 30.3 Å². The van der Waals surface area contributed by atoms with E-state index >= 15 is 0 Å². The Labute approximate surface area is 184 Å². The van der Waals surface area contributed by atoms with E-state index in [0.29, 0.717) is 10.6 Å². The van der Waals surface area contributed by atoms with Gasteiger partial charge in [-0.1, -0.05) is 18.2 Å². The standard InChI is InChI=1S/C17H20N2O7S.Na/c1-17(2)12(16(23)24)19-13(21)10(15(19)27(17,25)26)11(20)14(22)18(3)9-7-5-4-6-8-9;/h4-8,10-12,15,20H,1-3H3,(H,23,24);/q;+1/p-1/t10-,11+,12+,15-;/m1./s1. The summed E-state index contributed by atoms with van der Waals surface area (Å²) in [5.74, 6) is -5.01. The average molecular weight is 418 g/mol. The minimum absolute atomic E-state index is 0. The number of amides is 2. The second-order valence-electron chi connectivity index (χ2n) is 7.21. The molecule has 2 heterocycles. The number of hydrogen-bond donors (Lipinski definition) is 1. The number of carbonyl (C=O) groups is 3. The number of fused-ring (bicyclic) bond motifs is 1. The smallest absolute Gasteiger partial charge is 0.548 e. The molecule has 0 bridgehead atoms. The maximum atomic E-state index is 12.8. The first kappa shape index (κ1) is 22.8. The first-order valence-electron chi connectivity index (χ1n) is 8.21. The minimum Gasteiger partial charge on any atom is -0.548 e. The van der Waals surface area contributed by atoms with Crippen molar-refractivity contribution in [3.8, 4) is 0 Å². The third kappa shape index (κ3) is 2.98.